The first-order chi connectivity index (χ1) is 17.8. The van der Waals surface area contributed by atoms with Gasteiger partial charge in [-0.05, 0) is 55.5 Å². The maximum Gasteiger partial charge on any atom is 0.258 e. The molecule has 10 heteroatoms. The van der Waals surface area contributed by atoms with E-state index in [9.17, 15) is 14.4 Å². The molecule has 0 spiro atoms. The lowest BCUT2D eigenvalue weighted by Crippen LogP contribution is -2.43. The maximum absolute atomic E-state index is 13.0. The zero-order chi connectivity index (χ0) is 26.4. The van der Waals surface area contributed by atoms with E-state index in [2.05, 4.69) is 20.5 Å². The molecule has 1 aliphatic rings. The number of aromatic nitrogens is 1. The van der Waals surface area contributed by atoms with Gasteiger partial charge in [-0.2, -0.15) is 0 Å². The summed E-state index contributed by atoms with van der Waals surface area (Å²) < 4.78 is 5.33. The lowest BCUT2D eigenvalue weighted by Gasteiger charge is -2.28. The molecule has 0 saturated carbocycles. The highest BCUT2D eigenvalue weighted by Crippen LogP contribution is 2.22. The number of carbonyl (C=O) groups excluding carboxylic acids is 3. The molecule has 4 rings (SSSR count). The molecule has 2 aromatic carbocycles. The van der Waals surface area contributed by atoms with Crippen LogP contribution in [0.2, 0.25) is 5.02 Å². The molecule has 2 N–H and O–H groups in total. The molecule has 37 heavy (non-hydrogen) atoms. The van der Waals surface area contributed by atoms with Crippen LogP contribution in [0.3, 0.4) is 0 Å². The molecule has 1 aromatic heterocycles. The van der Waals surface area contributed by atoms with Crippen LogP contribution >= 0.6 is 11.6 Å². The van der Waals surface area contributed by atoms with E-state index in [1.807, 2.05) is 13.0 Å². The Morgan fingerprint density at radius 2 is 1.73 bits per heavy atom. The summed E-state index contributed by atoms with van der Waals surface area (Å²) in [4.78, 5) is 46.3. The summed E-state index contributed by atoms with van der Waals surface area (Å²) in [6.07, 6.45) is 1.49. The Labute approximate surface area is 220 Å². The first-order valence-electron chi connectivity index (χ1n) is 11.8. The number of nitrogens with zero attached hydrogens (tertiary/aromatic N) is 3. The zero-order valence-corrected chi connectivity index (χ0v) is 21.4. The van der Waals surface area contributed by atoms with E-state index in [0.717, 1.165) is 18.7 Å². The summed E-state index contributed by atoms with van der Waals surface area (Å²) >= 11 is 5.98. The summed E-state index contributed by atoms with van der Waals surface area (Å²) in [5.74, 6) is -0.542. The van der Waals surface area contributed by atoms with Crippen molar-refractivity contribution < 1.29 is 19.1 Å². The van der Waals surface area contributed by atoms with Crippen LogP contribution in [0.4, 0.5) is 17.2 Å². The number of halogens is 1. The summed E-state index contributed by atoms with van der Waals surface area (Å²) in [5.41, 5.74) is 2.58. The molecule has 192 valence electrons. The number of nitrogens with one attached hydrogen (secondary N) is 2. The molecule has 1 fully saturated rings. The highest BCUT2D eigenvalue weighted by atomic mass is 35.5. The lowest BCUT2D eigenvalue weighted by atomic mass is 10.1. The van der Waals surface area contributed by atoms with Gasteiger partial charge in [0.2, 0.25) is 5.91 Å². The van der Waals surface area contributed by atoms with Gasteiger partial charge >= 0.3 is 0 Å². The van der Waals surface area contributed by atoms with Crippen molar-refractivity contribution >= 4 is 46.5 Å². The molecule has 0 unspecified atom stereocenters. The summed E-state index contributed by atoms with van der Waals surface area (Å²) in [6.45, 7) is 4.88. The van der Waals surface area contributed by atoms with E-state index >= 15 is 0 Å². The van der Waals surface area contributed by atoms with E-state index in [4.69, 9.17) is 16.3 Å². The number of hydrogen-bond donors (Lipinski definition) is 2. The molecular formula is C27H28ClN5O4. The molecule has 0 aliphatic carbocycles. The van der Waals surface area contributed by atoms with Crippen LogP contribution in [0, 0.1) is 6.92 Å². The number of ether oxygens (including phenoxy) is 1. The van der Waals surface area contributed by atoms with Gasteiger partial charge in [0.25, 0.3) is 11.8 Å². The number of pyridine rings is 1. The van der Waals surface area contributed by atoms with Crippen LogP contribution in [-0.2, 0) is 9.53 Å². The number of likely N-dealkylation sites (N-methyl/N-ethyl adjacent to an activating group) is 1. The minimum Gasteiger partial charge on any atom is -0.379 e. The number of hydrogen-bond acceptors (Lipinski definition) is 6. The van der Waals surface area contributed by atoms with Gasteiger partial charge in [0.05, 0.1) is 31.0 Å². The molecule has 3 amide bonds. The van der Waals surface area contributed by atoms with Crippen LogP contribution in [0.25, 0.3) is 0 Å². The molecule has 0 bridgehead atoms. The highest BCUT2D eigenvalue weighted by Gasteiger charge is 2.19. The van der Waals surface area contributed by atoms with Crippen molar-refractivity contribution in [3.8, 4) is 0 Å². The third kappa shape index (κ3) is 6.91. The second-order valence-corrected chi connectivity index (χ2v) is 9.14. The van der Waals surface area contributed by atoms with Crippen molar-refractivity contribution in [3.63, 3.8) is 0 Å². The first-order valence-corrected chi connectivity index (χ1v) is 12.2. The van der Waals surface area contributed by atoms with E-state index in [1.54, 1.807) is 54.4 Å². The van der Waals surface area contributed by atoms with Crippen molar-refractivity contribution in [2.45, 2.75) is 6.92 Å². The maximum atomic E-state index is 13.0. The quantitative estimate of drug-likeness (QED) is 0.489. The predicted octanol–water partition coefficient (Wildman–Crippen LogP) is 3.84. The molecule has 2 heterocycles. The highest BCUT2D eigenvalue weighted by molar-refractivity contribution is 6.30. The number of morpholine rings is 1. The molecule has 1 saturated heterocycles. The Morgan fingerprint density at radius 3 is 2.43 bits per heavy atom. The Balaban J connectivity index is 1.43. The summed E-state index contributed by atoms with van der Waals surface area (Å²) in [6, 6.07) is 15.1. The van der Waals surface area contributed by atoms with Crippen molar-refractivity contribution in [1.82, 2.24) is 9.88 Å². The van der Waals surface area contributed by atoms with E-state index in [0.29, 0.717) is 53.1 Å². The van der Waals surface area contributed by atoms with Crippen LogP contribution in [0.1, 0.15) is 26.3 Å². The summed E-state index contributed by atoms with van der Waals surface area (Å²) in [7, 11) is 1.71. The molecule has 0 radical (unpaired) electrons. The minimum atomic E-state index is -0.426. The van der Waals surface area contributed by atoms with Crippen LogP contribution in [0.5, 0.6) is 0 Å². The fourth-order valence-corrected chi connectivity index (χ4v) is 4.00. The van der Waals surface area contributed by atoms with E-state index < -0.39 is 5.91 Å². The normalized spacial score (nSPS) is 13.6. The number of rotatable bonds is 7. The minimum absolute atomic E-state index is 0.0383. The monoisotopic (exact) mass is 521 g/mol. The van der Waals surface area contributed by atoms with Gasteiger partial charge in [0, 0.05) is 42.6 Å². The SMILES string of the molecule is Cc1ccc(NC(=O)c2ccc(N(C)C(=O)CN3CCOCC3)cc2)c(C(=O)Nc2cc(Cl)ccn2)c1. The van der Waals surface area contributed by atoms with Crippen LogP contribution in [-0.4, -0.2) is 67.5 Å². The van der Waals surface area contributed by atoms with Crippen molar-refractivity contribution in [2.75, 3.05) is 55.4 Å². The zero-order valence-electron chi connectivity index (χ0n) is 20.7. The summed E-state index contributed by atoms with van der Waals surface area (Å²) in [5, 5.41) is 5.96. The number of aryl methyl sites for hydroxylation is 1. The van der Waals surface area contributed by atoms with Crippen molar-refractivity contribution in [1.29, 1.82) is 0 Å². The molecule has 1 aliphatic heterocycles. The molecule has 9 nitrogen and oxygen atoms in total. The second-order valence-electron chi connectivity index (χ2n) is 8.70. The molecule has 0 atom stereocenters. The van der Waals surface area contributed by atoms with Gasteiger partial charge in [0.1, 0.15) is 5.82 Å². The standard InChI is InChI=1S/C27H28ClN5O4/c1-18-3-8-23(22(15-18)27(36)31-24-16-20(28)9-10-29-24)30-26(35)19-4-6-21(7-5-19)32(2)25(34)17-33-11-13-37-14-12-33/h3-10,15-16H,11-14,17H2,1-2H3,(H,30,35)(H,29,31,36). The fraction of sp³-hybridized carbons (Fsp3) is 0.259. The molecular weight excluding hydrogens is 494 g/mol. The average Bonchev–Trinajstić information content (AvgIpc) is 2.90. The van der Waals surface area contributed by atoms with Gasteiger partial charge in [-0.3, -0.25) is 19.3 Å². The van der Waals surface area contributed by atoms with E-state index in [1.165, 1.54) is 12.3 Å². The largest absolute Gasteiger partial charge is 0.379 e. The van der Waals surface area contributed by atoms with Crippen molar-refractivity contribution in [3.05, 3.63) is 82.5 Å². The number of amides is 3. The van der Waals surface area contributed by atoms with Gasteiger partial charge < -0.3 is 20.3 Å². The number of carbonyl (C=O) groups is 3. The Morgan fingerprint density at radius 1 is 1.00 bits per heavy atom. The third-order valence-corrected chi connectivity index (χ3v) is 6.22. The lowest BCUT2D eigenvalue weighted by molar-refractivity contribution is -0.120. The fourth-order valence-electron chi connectivity index (χ4n) is 3.84. The van der Waals surface area contributed by atoms with Gasteiger partial charge in [-0.1, -0.05) is 23.2 Å². The smallest absolute Gasteiger partial charge is 0.258 e. The Bertz CT molecular complexity index is 1290. The van der Waals surface area contributed by atoms with Gasteiger partial charge in [0.15, 0.2) is 0 Å². The van der Waals surface area contributed by atoms with Crippen LogP contribution in [0.15, 0.2) is 60.8 Å². The Kier molecular flexibility index (Phi) is 8.50. The van der Waals surface area contributed by atoms with Crippen LogP contribution < -0.4 is 15.5 Å². The average molecular weight is 522 g/mol. The van der Waals surface area contributed by atoms with E-state index in [-0.39, 0.29) is 11.8 Å². The third-order valence-electron chi connectivity index (χ3n) is 5.98. The van der Waals surface area contributed by atoms with Crippen molar-refractivity contribution in [2.24, 2.45) is 0 Å². The second kappa shape index (κ2) is 12.0. The first kappa shape index (κ1) is 26.3. The number of benzene rings is 2. The van der Waals surface area contributed by atoms with Gasteiger partial charge in [-0.15, -0.1) is 0 Å². The topological polar surface area (TPSA) is 104 Å². The Hall–Kier alpha value is -3.79. The predicted molar refractivity (Wildman–Crippen MR) is 143 cm³/mol. The number of anilines is 3. The van der Waals surface area contributed by atoms with Gasteiger partial charge in [-0.25, -0.2) is 4.98 Å². The molecule has 3 aromatic rings.